The van der Waals surface area contributed by atoms with Gasteiger partial charge in [0.15, 0.2) is 11.5 Å². The zero-order valence-electron chi connectivity index (χ0n) is 15.8. The highest BCUT2D eigenvalue weighted by Crippen LogP contribution is 2.44. The van der Waals surface area contributed by atoms with E-state index in [4.69, 9.17) is 14.2 Å². The summed E-state index contributed by atoms with van der Waals surface area (Å²) in [6.45, 7) is 0. The molecule has 0 aliphatic rings. The van der Waals surface area contributed by atoms with Crippen LogP contribution in [0.1, 0.15) is 11.1 Å². The molecule has 0 radical (unpaired) electrons. The largest absolute Gasteiger partial charge is 0.496 e. The second-order valence-electron chi connectivity index (χ2n) is 6.18. The molecule has 3 aromatic rings. The summed E-state index contributed by atoms with van der Waals surface area (Å²) in [5, 5.41) is 9.52. The number of hydrogen-bond acceptors (Lipinski definition) is 4. The number of methoxy groups -OCH3 is 3. The van der Waals surface area contributed by atoms with Crippen LogP contribution in [0.25, 0.3) is 22.2 Å². The molecule has 29 heavy (non-hydrogen) atoms. The Balaban J connectivity index is 2.39. The number of benzene rings is 2. The lowest BCUT2D eigenvalue weighted by Gasteiger charge is -2.14. The van der Waals surface area contributed by atoms with Gasteiger partial charge in [-0.3, -0.25) is 4.79 Å². The van der Waals surface area contributed by atoms with Crippen LogP contribution in [0.15, 0.2) is 30.3 Å². The molecular weight excluding hydrogens is 391 g/mol. The number of carbonyl (C=O) groups is 1. The summed E-state index contributed by atoms with van der Waals surface area (Å²) in [6.07, 6.45) is -5.09. The Hall–Kier alpha value is -3.36. The molecule has 3 rings (SSSR count). The van der Waals surface area contributed by atoms with E-state index in [-0.39, 0.29) is 27.9 Å². The average molecular weight is 409 g/mol. The molecule has 1 heterocycles. The summed E-state index contributed by atoms with van der Waals surface area (Å²) in [6, 6.07) is 6.70. The minimum atomic E-state index is -4.61. The number of alkyl halides is 3. The molecule has 0 amide bonds. The van der Waals surface area contributed by atoms with E-state index in [9.17, 15) is 23.1 Å². The highest BCUT2D eigenvalue weighted by molar-refractivity contribution is 5.96. The molecule has 9 heteroatoms. The number of fused-ring (bicyclic) bond motifs is 1. The molecule has 0 aliphatic carbocycles. The highest BCUT2D eigenvalue weighted by Gasteiger charge is 2.34. The number of aliphatic carboxylic acids is 1. The van der Waals surface area contributed by atoms with Gasteiger partial charge in [-0.05, 0) is 17.7 Å². The number of para-hydroxylation sites is 1. The molecule has 0 atom stereocenters. The third-order valence-electron chi connectivity index (χ3n) is 4.55. The minimum Gasteiger partial charge on any atom is -0.496 e. The summed E-state index contributed by atoms with van der Waals surface area (Å²) in [7, 11) is 4.25. The van der Waals surface area contributed by atoms with Crippen LogP contribution in [0.3, 0.4) is 0 Å². The van der Waals surface area contributed by atoms with Crippen molar-refractivity contribution in [2.45, 2.75) is 12.6 Å². The average Bonchev–Trinajstić information content (AvgIpc) is 3.03. The van der Waals surface area contributed by atoms with E-state index in [1.807, 2.05) is 0 Å². The first-order chi connectivity index (χ1) is 13.7. The van der Waals surface area contributed by atoms with Crippen LogP contribution in [0.4, 0.5) is 13.2 Å². The molecule has 0 saturated heterocycles. The van der Waals surface area contributed by atoms with Gasteiger partial charge in [0.2, 0.25) is 0 Å². The second kappa shape index (κ2) is 7.57. The molecule has 2 N–H and O–H groups in total. The van der Waals surface area contributed by atoms with Crippen molar-refractivity contribution in [1.82, 2.24) is 4.98 Å². The van der Waals surface area contributed by atoms with Crippen LogP contribution in [0.2, 0.25) is 0 Å². The number of carboxylic acids is 1. The quantitative estimate of drug-likeness (QED) is 0.626. The first kappa shape index (κ1) is 20.4. The van der Waals surface area contributed by atoms with E-state index in [2.05, 4.69) is 4.98 Å². The Morgan fingerprint density at radius 2 is 1.66 bits per heavy atom. The van der Waals surface area contributed by atoms with Crippen molar-refractivity contribution in [2.75, 3.05) is 21.3 Å². The van der Waals surface area contributed by atoms with Crippen LogP contribution >= 0.6 is 0 Å². The van der Waals surface area contributed by atoms with E-state index in [1.165, 1.54) is 45.6 Å². The highest BCUT2D eigenvalue weighted by atomic mass is 19.4. The molecule has 0 bridgehead atoms. The van der Waals surface area contributed by atoms with E-state index < -0.39 is 24.1 Å². The van der Waals surface area contributed by atoms with Crippen LogP contribution in [0.5, 0.6) is 17.2 Å². The van der Waals surface area contributed by atoms with Crippen molar-refractivity contribution in [2.24, 2.45) is 0 Å². The Morgan fingerprint density at radius 3 is 2.21 bits per heavy atom. The normalized spacial score (nSPS) is 11.5. The maximum absolute atomic E-state index is 13.5. The third kappa shape index (κ3) is 3.67. The number of carboxylic acid groups (broad SMARTS) is 1. The minimum absolute atomic E-state index is 0.175. The zero-order chi connectivity index (χ0) is 21.3. The SMILES string of the molecule is COc1cc(OC)c(-c2[nH]c3c(C(F)(F)F)cccc3c2CC(=O)O)cc1OC. The van der Waals surface area contributed by atoms with Crippen molar-refractivity contribution >= 4 is 16.9 Å². The number of rotatable bonds is 6. The monoisotopic (exact) mass is 409 g/mol. The lowest BCUT2D eigenvalue weighted by Crippen LogP contribution is -2.05. The first-order valence-electron chi connectivity index (χ1n) is 8.44. The summed E-state index contributed by atoms with van der Waals surface area (Å²) in [5.74, 6) is -0.210. The Morgan fingerprint density at radius 1 is 1.03 bits per heavy atom. The Labute approximate surface area is 163 Å². The third-order valence-corrected chi connectivity index (χ3v) is 4.55. The van der Waals surface area contributed by atoms with Gasteiger partial charge in [0, 0.05) is 17.0 Å². The summed E-state index contributed by atoms with van der Waals surface area (Å²) >= 11 is 0. The number of aromatic nitrogens is 1. The van der Waals surface area contributed by atoms with Crippen LogP contribution in [0, 0.1) is 0 Å². The molecule has 6 nitrogen and oxygen atoms in total. The van der Waals surface area contributed by atoms with Crippen molar-refractivity contribution in [3.8, 4) is 28.5 Å². The van der Waals surface area contributed by atoms with E-state index in [0.29, 0.717) is 17.1 Å². The fraction of sp³-hybridized carbons (Fsp3) is 0.250. The van der Waals surface area contributed by atoms with Gasteiger partial charge in [-0.2, -0.15) is 13.2 Å². The number of halogens is 3. The smallest absolute Gasteiger partial charge is 0.418 e. The molecule has 154 valence electrons. The van der Waals surface area contributed by atoms with Gasteiger partial charge >= 0.3 is 12.1 Å². The fourth-order valence-corrected chi connectivity index (χ4v) is 3.30. The predicted molar refractivity (Wildman–Crippen MR) is 99.7 cm³/mol. The summed E-state index contributed by atoms with van der Waals surface area (Å²) in [5.41, 5.74) is -0.304. The standard InChI is InChI=1S/C20H18F3NO5/c1-27-14-9-16(29-3)15(28-2)7-12(14)18-11(8-17(25)26)10-5-4-6-13(19(10)24-18)20(21,22)23/h4-7,9,24H,8H2,1-3H3,(H,25,26). The molecule has 0 spiro atoms. The van der Waals surface area contributed by atoms with E-state index >= 15 is 0 Å². The van der Waals surface area contributed by atoms with Crippen molar-refractivity contribution in [3.05, 3.63) is 41.5 Å². The van der Waals surface area contributed by atoms with Gasteiger partial charge in [0.1, 0.15) is 5.75 Å². The molecular formula is C20H18F3NO5. The van der Waals surface area contributed by atoms with Crippen molar-refractivity contribution < 1.29 is 37.3 Å². The predicted octanol–water partition coefficient (Wildman–Crippen LogP) is 4.51. The second-order valence-corrected chi connectivity index (χ2v) is 6.18. The topological polar surface area (TPSA) is 80.8 Å². The molecule has 2 aromatic carbocycles. The first-order valence-corrected chi connectivity index (χ1v) is 8.44. The summed E-state index contributed by atoms with van der Waals surface area (Å²) in [4.78, 5) is 14.2. The summed E-state index contributed by atoms with van der Waals surface area (Å²) < 4.78 is 56.3. The van der Waals surface area contributed by atoms with Gasteiger partial charge in [-0.15, -0.1) is 0 Å². The Kier molecular flexibility index (Phi) is 5.32. The van der Waals surface area contributed by atoms with Crippen LogP contribution in [-0.4, -0.2) is 37.4 Å². The van der Waals surface area contributed by atoms with Gasteiger partial charge in [-0.25, -0.2) is 0 Å². The van der Waals surface area contributed by atoms with Gasteiger partial charge < -0.3 is 24.3 Å². The van der Waals surface area contributed by atoms with Crippen molar-refractivity contribution in [3.63, 3.8) is 0 Å². The number of nitrogens with one attached hydrogen (secondary N) is 1. The molecule has 0 unspecified atom stereocenters. The number of H-pyrrole nitrogens is 1. The van der Waals surface area contributed by atoms with Gasteiger partial charge in [0.25, 0.3) is 0 Å². The maximum atomic E-state index is 13.5. The van der Waals surface area contributed by atoms with Crippen LogP contribution in [-0.2, 0) is 17.4 Å². The zero-order valence-corrected chi connectivity index (χ0v) is 15.8. The molecule has 0 saturated carbocycles. The lowest BCUT2D eigenvalue weighted by atomic mass is 10.0. The fourth-order valence-electron chi connectivity index (χ4n) is 3.30. The molecule has 1 aromatic heterocycles. The van der Waals surface area contributed by atoms with E-state index in [0.717, 1.165) is 6.07 Å². The number of aromatic amines is 1. The van der Waals surface area contributed by atoms with Crippen molar-refractivity contribution in [1.29, 1.82) is 0 Å². The molecule has 0 aliphatic heterocycles. The van der Waals surface area contributed by atoms with Gasteiger partial charge in [-0.1, -0.05) is 12.1 Å². The Bertz CT molecular complexity index is 1070. The maximum Gasteiger partial charge on any atom is 0.418 e. The van der Waals surface area contributed by atoms with Crippen LogP contribution < -0.4 is 14.2 Å². The van der Waals surface area contributed by atoms with E-state index in [1.54, 1.807) is 0 Å². The number of hydrogen-bond donors (Lipinski definition) is 2. The lowest BCUT2D eigenvalue weighted by molar-refractivity contribution is -0.137. The number of ether oxygens (including phenoxy) is 3. The van der Waals surface area contributed by atoms with Gasteiger partial charge in [0.05, 0.1) is 44.5 Å². The molecule has 0 fully saturated rings.